The van der Waals surface area contributed by atoms with E-state index in [-0.39, 0.29) is 10.8 Å². The number of hydrogen-bond acceptors (Lipinski definition) is 2. The Bertz CT molecular complexity index is 540. The van der Waals surface area contributed by atoms with Crippen molar-refractivity contribution in [1.29, 1.82) is 0 Å². The zero-order chi connectivity index (χ0) is 12.4. The van der Waals surface area contributed by atoms with Crippen molar-refractivity contribution >= 4 is 17.3 Å². The van der Waals surface area contributed by atoms with Crippen LogP contribution < -0.4 is 10.5 Å². The van der Waals surface area contributed by atoms with E-state index in [0.29, 0.717) is 17.0 Å². The summed E-state index contributed by atoms with van der Waals surface area (Å²) in [5.74, 6) is 0.0800. The smallest absolute Gasteiger partial charge is 0.181 e. The van der Waals surface area contributed by atoms with Crippen LogP contribution in [0.25, 0.3) is 0 Å². The van der Waals surface area contributed by atoms with Gasteiger partial charge in [-0.2, -0.15) is 0 Å². The van der Waals surface area contributed by atoms with E-state index in [2.05, 4.69) is 0 Å². The molecule has 2 rings (SSSR count). The fourth-order valence-electron chi connectivity index (χ4n) is 1.38. The third-order valence-corrected chi connectivity index (χ3v) is 2.64. The molecule has 2 aromatic carbocycles. The van der Waals surface area contributed by atoms with Crippen LogP contribution in [0.1, 0.15) is 5.56 Å². The number of nitrogens with two attached hydrogens (primary N) is 1. The van der Waals surface area contributed by atoms with Crippen LogP contribution in [0.3, 0.4) is 0 Å². The first-order valence-corrected chi connectivity index (χ1v) is 5.43. The number of nitrogen functional groups attached to an aromatic ring is 1. The van der Waals surface area contributed by atoms with Gasteiger partial charge in [0.15, 0.2) is 11.6 Å². The van der Waals surface area contributed by atoms with Crippen LogP contribution in [-0.2, 0) is 0 Å². The molecular weight excluding hydrogens is 241 g/mol. The fourth-order valence-corrected chi connectivity index (χ4v) is 1.56. The van der Waals surface area contributed by atoms with E-state index in [0.717, 1.165) is 0 Å². The second-order valence-corrected chi connectivity index (χ2v) is 4.09. The summed E-state index contributed by atoms with van der Waals surface area (Å²) in [6.07, 6.45) is 0. The second kappa shape index (κ2) is 4.63. The molecular formula is C13H11ClFNO. The summed E-state index contributed by atoms with van der Waals surface area (Å²) in [6.45, 7) is 1.65. The standard InChI is InChI=1S/C13H11ClFNO/c1-8-2-7-11(14)13(12(8)15)17-10-5-3-9(16)4-6-10/h2-7H,16H2,1H3. The predicted octanol–water partition coefficient (Wildman–Crippen LogP) is 4.16. The Labute approximate surface area is 104 Å². The molecule has 0 aliphatic carbocycles. The number of aryl methyl sites for hydroxylation is 1. The summed E-state index contributed by atoms with van der Waals surface area (Å²) >= 11 is 5.89. The molecule has 0 saturated heterocycles. The molecule has 0 heterocycles. The van der Waals surface area contributed by atoms with Crippen LogP contribution in [0, 0.1) is 12.7 Å². The van der Waals surface area contributed by atoms with Gasteiger partial charge in [-0.15, -0.1) is 0 Å². The molecule has 4 heteroatoms. The summed E-state index contributed by atoms with van der Waals surface area (Å²) in [5.41, 5.74) is 6.65. The molecule has 2 aromatic rings. The van der Waals surface area contributed by atoms with Gasteiger partial charge in [0.2, 0.25) is 0 Å². The molecule has 88 valence electrons. The topological polar surface area (TPSA) is 35.2 Å². The SMILES string of the molecule is Cc1ccc(Cl)c(Oc2ccc(N)cc2)c1F. The molecule has 0 unspecified atom stereocenters. The molecule has 0 saturated carbocycles. The molecule has 0 aliphatic rings. The molecule has 0 atom stereocenters. The van der Waals surface area contributed by atoms with Crippen molar-refractivity contribution < 1.29 is 9.13 Å². The number of benzene rings is 2. The van der Waals surface area contributed by atoms with E-state index >= 15 is 0 Å². The van der Waals surface area contributed by atoms with Crippen molar-refractivity contribution in [3.05, 3.63) is 52.8 Å². The Morgan fingerprint density at radius 3 is 2.41 bits per heavy atom. The zero-order valence-corrected chi connectivity index (χ0v) is 9.96. The normalized spacial score (nSPS) is 10.3. The van der Waals surface area contributed by atoms with Gasteiger partial charge < -0.3 is 10.5 Å². The van der Waals surface area contributed by atoms with Crippen LogP contribution in [0.4, 0.5) is 10.1 Å². The highest BCUT2D eigenvalue weighted by atomic mass is 35.5. The van der Waals surface area contributed by atoms with Gasteiger partial charge in [0, 0.05) is 5.69 Å². The highest BCUT2D eigenvalue weighted by Crippen LogP contribution is 2.33. The Hall–Kier alpha value is -1.74. The summed E-state index contributed by atoms with van der Waals surface area (Å²) in [6, 6.07) is 9.88. The average molecular weight is 252 g/mol. The van der Waals surface area contributed by atoms with E-state index in [1.165, 1.54) is 0 Å². The number of rotatable bonds is 2. The van der Waals surface area contributed by atoms with Crippen molar-refractivity contribution in [2.75, 3.05) is 5.73 Å². The summed E-state index contributed by atoms with van der Waals surface area (Å²) in [7, 11) is 0. The van der Waals surface area contributed by atoms with Crippen molar-refractivity contribution in [2.24, 2.45) is 0 Å². The van der Waals surface area contributed by atoms with Crippen molar-refractivity contribution in [1.82, 2.24) is 0 Å². The minimum atomic E-state index is -0.450. The van der Waals surface area contributed by atoms with Gasteiger partial charge in [-0.1, -0.05) is 17.7 Å². The van der Waals surface area contributed by atoms with E-state index < -0.39 is 5.82 Å². The van der Waals surface area contributed by atoms with E-state index in [4.69, 9.17) is 22.1 Å². The van der Waals surface area contributed by atoms with Gasteiger partial charge in [-0.25, -0.2) is 4.39 Å². The highest BCUT2D eigenvalue weighted by molar-refractivity contribution is 6.32. The summed E-state index contributed by atoms with van der Waals surface area (Å²) < 4.78 is 19.2. The van der Waals surface area contributed by atoms with E-state index in [1.54, 1.807) is 43.3 Å². The summed E-state index contributed by atoms with van der Waals surface area (Å²) in [4.78, 5) is 0. The molecule has 0 amide bonds. The number of ether oxygens (including phenoxy) is 1. The predicted molar refractivity (Wildman–Crippen MR) is 67.1 cm³/mol. The second-order valence-electron chi connectivity index (χ2n) is 3.68. The molecule has 0 spiro atoms. The van der Waals surface area contributed by atoms with Crippen LogP contribution >= 0.6 is 11.6 Å². The van der Waals surface area contributed by atoms with Crippen molar-refractivity contribution in [3.63, 3.8) is 0 Å². The largest absolute Gasteiger partial charge is 0.453 e. The monoisotopic (exact) mass is 251 g/mol. The summed E-state index contributed by atoms with van der Waals surface area (Å²) in [5, 5.41) is 0.241. The first-order chi connectivity index (χ1) is 8.08. The highest BCUT2D eigenvalue weighted by Gasteiger charge is 2.12. The fraction of sp³-hybridized carbons (Fsp3) is 0.0769. The molecule has 0 bridgehead atoms. The minimum Gasteiger partial charge on any atom is -0.453 e. The Morgan fingerprint density at radius 2 is 1.76 bits per heavy atom. The third-order valence-electron chi connectivity index (χ3n) is 2.34. The third kappa shape index (κ3) is 2.50. The van der Waals surface area contributed by atoms with Gasteiger partial charge >= 0.3 is 0 Å². The first-order valence-electron chi connectivity index (χ1n) is 5.06. The number of hydrogen-bond donors (Lipinski definition) is 1. The lowest BCUT2D eigenvalue weighted by atomic mass is 10.2. The van der Waals surface area contributed by atoms with E-state index in [1.807, 2.05) is 0 Å². The molecule has 2 nitrogen and oxygen atoms in total. The maximum Gasteiger partial charge on any atom is 0.181 e. The number of halogens is 2. The van der Waals surface area contributed by atoms with Crippen LogP contribution in [-0.4, -0.2) is 0 Å². The lowest BCUT2D eigenvalue weighted by molar-refractivity contribution is 0.440. The zero-order valence-electron chi connectivity index (χ0n) is 9.21. The van der Waals surface area contributed by atoms with E-state index in [9.17, 15) is 4.39 Å². The van der Waals surface area contributed by atoms with Gasteiger partial charge in [-0.05, 0) is 42.8 Å². The van der Waals surface area contributed by atoms with Crippen LogP contribution in [0.15, 0.2) is 36.4 Å². The van der Waals surface area contributed by atoms with Gasteiger partial charge in [0.25, 0.3) is 0 Å². The molecule has 17 heavy (non-hydrogen) atoms. The van der Waals surface area contributed by atoms with Crippen molar-refractivity contribution in [3.8, 4) is 11.5 Å². The lowest BCUT2D eigenvalue weighted by Gasteiger charge is -2.10. The minimum absolute atomic E-state index is 0.0384. The van der Waals surface area contributed by atoms with Gasteiger partial charge in [0.1, 0.15) is 5.75 Å². The molecule has 2 N–H and O–H groups in total. The Balaban J connectivity index is 2.36. The maximum absolute atomic E-state index is 13.8. The molecule has 0 fully saturated rings. The first kappa shape index (κ1) is 11.7. The van der Waals surface area contributed by atoms with Crippen LogP contribution in [0.2, 0.25) is 5.02 Å². The Kier molecular flexibility index (Phi) is 3.20. The molecule has 0 radical (unpaired) electrons. The maximum atomic E-state index is 13.8. The van der Waals surface area contributed by atoms with Gasteiger partial charge in [-0.3, -0.25) is 0 Å². The quantitative estimate of drug-likeness (QED) is 0.814. The number of anilines is 1. The Morgan fingerprint density at radius 1 is 1.12 bits per heavy atom. The van der Waals surface area contributed by atoms with Crippen LogP contribution in [0.5, 0.6) is 11.5 Å². The lowest BCUT2D eigenvalue weighted by Crippen LogP contribution is -1.92. The van der Waals surface area contributed by atoms with Gasteiger partial charge in [0.05, 0.1) is 5.02 Å². The molecule has 0 aliphatic heterocycles. The average Bonchev–Trinajstić information content (AvgIpc) is 2.32. The molecule has 0 aromatic heterocycles. The van der Waals surface area contributed by atoms with Crippen molar-refractivity contribution in [2.45, 2.75) is 6.92 Å².